The molecular formula is C30H37BFNO4. The highest BCUT2D eigenvalue weighted by molar-refractivity contribution is 6.44. The highest BCUT2D eigenvalue weighted by Gasteiger charge is 2.34. The lowest BCUT2D eigenvalue weighted by Crippen LogP contribution is -2.41. The zero-order valence-electron chi connectivity index (χ0n) is 22.7. The SMILES string of the molecule is CCB1O[C@H](CC(=O)OC(C)(C)C)C[C@H](/C=C/c2c(-c3ccc(F)cc3)c3ccccc3n2C(C)C)O1. The van der Waals surface area contributed by atoms with Crippen LogP contribution in [0.3, 0.4) is 0 Å². The molecule has 5 nitrogen and oxygen atoms in total. The van der Waals surface area contributed by atoms with Crippen molar-refractivity contribution in [2.75, 3.05) is 0 Å². The quantitative estimate of drug-likeness (QED) is 0.247. The van der Waals surface area contributed by atoms with Crippen LogP contribution < -0.4 is 0 Å². The normalized spacial score (nSPS) is 18.8. The molecule has 0 N–H and O–H groups in total. The minimum absolute atomic E-state index is 0.189. The second kappa shape index (κ2) is 11.2. The molecule has 196 valence electrons. The lowest BCUT2D eigenvalue weighted by Gasteiger charge is -2.33. The van der Waals surface area contributed by atoms with Gasteiger partial charge in [0.1, 0.15) is 11.4 Å². The molecule has 0 radical (unpaired) electrons. The predicted octanol–water partition coefficient (Wildman–Crippen LogP) is 7.46. The van der Waals surface area contributed by atoms with Gasteiger partial charge in [-0.05, 0) is 70.8 Å². The van der Waals surface area contributed by atoms with Crippen LogP contribution in [0, 0.1) is 5.82 Å². The molecule has 2 aromatic carbocycles. The van der Waals surface area contributed by atoms with E-state index in [-0.39, 0.29) is 43.6 Å². The highest BCUT2D eigenvalue weighted by atomic mass is 19.1. The fourth-order valence-electron chi connectivity index (χ4n) is 4.95. The van der Waals surface area contributed by atoms with Crippen LogP contribution in [0.15, 0.2) is 54.6 Å². The van der Waals surface area contributed by atoms with Crippen LogP contribution in [-0.4, -0.2) is 35.5 Å². The first-order valence-corrected chi connectivity index (χ1v) is 13.2. The number of carbonyl (C=O) groups excluding carboxylic acids is 1. The second-order valence-electron chi connectivity index (χ2n) is 10.9. The van der Waals surface area contributed by atoms with Crippen molar-refractivity contribution in [3.05, 3.63) is 66.1 Å². The first kappa shape index (κ1) is 27.1. The van der Waals surface area contributed by atoms with E-state index in [0.29, 0.717) is 12.7 Å². The summed E-state index contributed by atoms with van der Waals surface area (Å²) in [5.74, 6) is -0.527. The number of hydrogen-bond acceptors (Lipinski definition) is 4. The van der Waals surface area contributed by atoms with Crippen molar-refractivity contribution in [3.63, 3.8) is 0 Å². The van der Waals surface area contributed by atoms with Gasteiger partial charge in [-0.25, -0.2) is 4.39 Å². The second-order valence-corrected chi connectivity index (χ2v) is 10.9. The number of fused-ring (bicyclic) bond motifs is 1. The van der Waals surface area contributed by atoms with Crippen LogP contribution in [0.25, 0.3) is 28.1 Å². The van der Waals surface area contributed by atoms with Crippen molar-refractivity contribution in [3.8, 4) is 11.1 Å². The predicted molar refractivity (Wildman–Crippen MR) is 148 cm³/mol. The van der Waals surface area contributed by atoms with Gasteiger partial charge in [0.2, 0.25) is 0 Å². The summed E-state index contributed by atoms with van der Waals surface area (Å²) in [7, 11) is -0.386. The third-order valence-electron chi connectivity index (χ3n) is 6.38. The number of ether oxygens (including phenoxy) is 1. The van der Waals surface area contributed by atoms with Crippen LogP contribution in [-0.2, 0) is 18.8 Å². The zero-order chi connectivity index (χ0) is 26.7. The van der Waals surface area contributed by atoms with E-state index in [1.54, 1.807) is 0 Å². The van der Waals surface area contributed by atoms with Crippen LogP contribution >= 0.6 is 0 Å². The Balaban J connectivity index is 1.69. The topological polar surface area (TPSA) is 49.7 Å². The van der Waals surface area contributed by atoms with E-state index in [9.17, 15) is 9.18 Å². The lowest BCUT2D eigenvalue weighted by molar-refractivity contribution is -0.157. The molecule has 0 unspecified atom stereocenters. The smallest absolute Gasteiger partial charge is 0.457 e. The molecule has 37 heavy (non-hydrogen) atoms. The maximum absolute atomic E-state index is 13.7. The van der Waals surface area contributed by atoms with Crippen molar-refractivity contribution in [2.24, 2.45) is 0 Å². The molecular weight excluding hydrogens is 468 g/mol. The number of aromatic nitrogens is 1. The fourth-order valence-corrected chi connectivity index (χ4v) is 4.95. The summed E-state index contributed by atoms with van der Waals surface area (Å²) in [5, 5.41) is 1.12. The van der Waals surface area contributed by atoms with E-state index in [1.165, 1.54) is 12.1 Å². The molecule has 0 amide bonds. The number of halogens is 1. The number of benzene rings is 2. The van der Waals surface area contributed by atoms with E-state index in [2.05, 4.69) is 42.7 Å². The maximum atomic E-state index is 13.7. The molecule has 1 saturated heterocycles. The Morgan fingerprint density at radius 3 is 2.51 bits per heavy atom. The van der Waals surface area contributed by atoms with Crippen LogP contribution in [0.5, 0.6) is 0 Å². The van der Waals surface area contributed by atoms with Gasteiger partial charge in [0, 0.05) is 34.6 Å². The molecule has 3 aromatic rings. The number of esters is 1. The Morgan fingerprint density at radius 1 is 1.16 bits per heavy atom. The van der Waals surface area contributed by atoms with Gasteiger partial charge >= 0.3 is 13.1 Å². The Hall–Kier alpha value is -2.90. The first-order valence-electron chi connectivity index (χ1n) is 13.2. The molecule has 0 spiro atoms. The van der Waals surface area contributed by atoms with Gasteiger partial charge in [0.15, 0.2) is 0 Å². The summed E-state index contributed by atoms with van der Waals surface area (Å²) in [6, 6.07) is 15.2. The van der Waals surface area contributed by atoms with E-state index >= 15 is 0 Å². The molecule has 1 aliphatic rings. The van der Waals surface area contributed by atoms with Crippen LogP contribution in [0.4, 0.5) is 4.39 Å². The molecule has 1 aliphatic heterocycles. The zero-order valence-corrected chi connectivity index (χ0v) is 22.7. The van der Waals surface area contributed by atoms with Crippen LogP contribution in [0.1, 0.15) is 66.1 Å². The molecule has 2 atom stereocenters. The van der Waals surface area contributed by atoms with Gasteiger partial charge in [-0.3, -0.25) is 4.79 Å². The molecule has 1 fully saturated rings. The van der Waals surface area contributed by atoms with Crippen molar-refractivity contribution in [1.29, 1.82) is 0 Å². The van der Waals surface area contributed by atoms with Crippen molar-refractivity contribution >= 4 is 30.1 Å². The standard InChI is InChI=1S/C30H37BFNO4/c1-7-31-36-23(18-24(37-31)19-28(34)35-30(4,5)6)16-17-27-29(21-12-14-22(32)15-13-21)25-10-8-9-11-26(25)33(27)20(2)3/h8-17,20,23-24H,7,18-19H2,1-6H3/b17-16+/t23-,24-/m0/s1. The third kappa shape index (κ3) is 6.52. The monoisotopic (exact) mass is 505 g/mol. The summed E-state index contributed by atoms with van der Waals surface area (Å²) < 4.78 is 33.8. The van der Waals surface area contributed by atoms with Gasteiger partial charge in [0.25, 0.3) is 0 Å². The Bertz CT molecular complexity index is 1260. The molecule has 7 heteroatoms. The first-order chi connectivity index (χ1) is 17.6. The van der Waals surface area contributed by atoms with Crippen molar-refractivity contribution in [2.45, 2.75) is 84.6 Å². The molecule has 2 heterocycles. The van der Waals surface area contributed by atoms with E-state index < -0.39 is 5.60 Å². The number of para-hydroxylation sites is 1. The number of carbonyl (C=O) groups is 1. The molecule has 4 rings (SSSR count). The van der Waals surface area contributed by atoms with Crippen molar-refractivity contribution in [1.82, 2.24) is 4.57 Å². The minimum atomic E-state index is -0.535. The third-order valence-corrected chi connectivity index (χ3v) is 6.38. The van der Waals surface area contributed by atoms with E-state index in [1.807, 2.05) is 52.0 Å². The van der Waals surface area contributed by atoms with E-state index in [4.69, 9.17) is 14.0 Å². The summed E-state index contributed by atoms with van der Waals surface area (Å²) in [4.78, 5) is 12.5. The highest BCUT2D eigenvalue weighted by Crippen LogP contribution is 2.38. The summed E-state index contributed by atoms with van der Waals surface area (Å²) >= 11 is 0. The van der Waals surface area contributed by atoms with Gasteiger partial charge in [0.05, 0.1) is 18.6 Å². The van der Waals surface area contributed by atoms with Gasteiger partial charge in [-0.2, -0.15) is 0 Å². The maximum Gasteiger partial charge on any atom is 0.457 e. The lowest BCUT2D eigenvalue weighted by atomic mass is 9.82. The number of rotatable bonds is 7. The molecule has 0 saturated carbocycles. The number of hydrogen-bond donors (Lipinski definition) is 0. The molecule has 0 aliphatic carbocycles. The fraction of sp³-hybridized carbons (Fsp3) is 0.433. The average Bonchev–Trinajstić information content (AvgIpc) is 3.16. The summed E-state index contributed by atoms with van der Waals surface area (Å²) in [6.45, 7) is 11.9. The number of nitrogens with zero attached hydrogens (tertiary/aromatic N) is 1. The average molecular weight is 505 g/mol. The van der Waals surface area contributed by atoms with E-state index in [0.717, 1.165) is 27.7 Å². The molecule has 1 aromatic heterocycles. The summed E-state index contributed by atoms with van der Waals surface area (Å²) in [6.07, 6.45) is 5.09. The summed E-state index contributed by atoms with van der Waals surface area (Å²) in [5.41, 5.74) is 3.64. The van der Waals surface area contributed by atoms with Gasteiger partial charge in [-0.1, -0.05) is 43.3 Å². The van der Waals surface area contributed by atoms with Gasteiger partial charge < -0.3 is 18.6 Å². The largest absolute Gasteiger partial charge is 0.460 e. The minimum Gasteiger partial charge on any atom is -0.460 e. The van der Waals surface area contributed by atoms with Crippen LogP contribution in [0.2, 0.25) is 6.32 Å². The Morgan fingerprint density at radius 2 is 1.86 bits per heavy atom. The van der Waals surface area contributed by atoms with Crippen molar-refractivity contribution < 1.29 is 23.2 Å². The Kier molecular flexibility index (Phi) is 8.25. The Labute approximate surface area is 219 Å². The van der Waals surface area contributed by atoms with Gasteiger partial charge in [-0.15, -0.1) is 0 Å². The molecule has 0 bridgehead atoms.